The Morgan fingerprint density at radius 3 is 2.59 bits per heavy atom. The van der Waals surface area contributed by atoms with E-state index in [2.05, 4.69) is 68.4 Å². The number of amides is 1. The molecule has 1 aromatic carbocycles. The Bertz CT molecular complexity index is 1420. The predicted molar refractivity (Wildman–Crippen MR) is 158 cm³/mol. The van der Waals surface area contributed by atoms with Crippen molar-refractivity contribution in [1.29, 1.82) is 0 Å². The maximum atomic E-state index is 11.9. The number of rotatable bonds is 15. The SMILES string of the molecule is CC(C)CN(CCn1cc(NCOc2c(Nc3ncncc3C(N)=O)cccc2-c2ncn(C)n2)cn1)CC(C)C. The molecular weight excluding hydrogens is 522 g/mol. The van der Waals surface area contributed by atoms with Gasteiger partial charge >= 0.3 is 0 Å². The van der Waals surface area contributed by atoms with Crippen LogP contribution < -0.4 is 21.1 Å². The number of ether oxygens (including phenoxy) is 1. The van der Waals surface area contributed by atoms with Gasteiger partial charge in [-0.25, -0.2) is 15.0 Å². The Balaban J connectivity index is 1.47. The van der Waals surface area contributed by atoms with Crippen molar-refractivity contribution < 1.29 is 9.53 Å². The van der Waals surface area contributed by atoms with Crippen molar-refractivity contribution in [2.75, 3.05) is 37.0 Å². The average Bonchev–Trinajstić information content (AvgIpc) is 3.56. The van der Waals surface area contributed by atoms with Gasteiger partial charge in [-0.2, -0.15) is 10.2 Å². The van der Waals surface area contributed by atoms with E-state index in [-0.39, 0.29) is 18.1 Å². The highest BCUT2D eigenvalue weighted by atomic mass is 16.5. The lowest BCUT2D eigenvalue weighted by molar-refractivity contribution is 0.100. The van der Waals surface area contributed by atoms with Crippen LogP contribution in [0, 0.1) is 11.8 Å². The van der Waals surface area contributed by atoms with Gasteiger partial charge in [0.25, 0.3) is 5.91 Å². The quantitative estimate of drug-likeness (QED) is 0.184. The van der Waals surface area contributed by atoms with Crippen LogP contribution in [0.25, 0.3) is 11.4 Å². The standard InChI is InChI=1S/C28H39N11O2/c1-19(2)13-38(14-20(3)4)9-10-39-15-21(11-34-39)33-18-41-25-22(28-32-17-37(5)36-28)7-6-8-24(25)35-27-23(26(29)40)12-30-16-31-27/h6-8,11-12,15-17,19-20,33H,9-10,13-14,18H2,1-5H3,(H2,29,40)(H,30,31,35). The number of aryl methyl sites for hydroxylation is 1. The molecule has 13 heteroatoms. The van der Waals surface area contributed by atoms with Crippen molar-refractivity contribution >= 4 is 23.1 Å². The second-order valence-corrected chi connectivity index (χ2v) is 10.7. The largest absolute Gasteiger partial charge is 0.470 e. The van der Waals surface area contributed by atoms with Crippen molar-refractivity contribution in [1.82, 2.24) is 39.4 Å². The monoisotopic (exact) mass is 561 g/mol. The van der Waals surface area contributed by atoms with Gasteiger partial charge in [0.05, 0.1) is 29.7 Å². The second kappa shape index (κ2) is 13.7. The highest BCUT2D eigenvalue weighted by Crippen LogP contribution is 2.36. The van der Waals surface area contributed by atoms with Gasteiger partial charge in [-0.1, -0.05) is 33.8 Å². The van der Waals surface area contributed by atoms with Crippen molar-refractivity contribution in [2.45, 2.75) is 34.2 Å². The number of benzene rings is 1. The third-order valence-corrected chi connectivity index (χ3v) is 6.10. The van der Waals surface area contributed by atoms with Crippen molar-refractivity contribution in [3.05, 3.63) is 55.0 Å². The van der Waals surface area contributed by atoms with Gasteiger partial charge in [0, 0.05) is 39.1 Å². The molecule has 0 spiro atoms. The first-order valence-electron chi connectivity index (χ1n) is 13.7. The zero-order valence-electron chi connectivity index (χ0n) is 24.3. The van der Waals surface area contributed by atoms with Crippen LogP contribution >= 0.6 is 0 Å². The Kier molecular flexibility index (Phi) is 9.85. The summed E-state index contributed by atoms with van der Waals surface area (Å²) in [6.45, 7) is 13.0. The minimum Gasteiger partial charge on any atom is -0.470 e. The van der Waals surface area contributed by atoms with Crippen LogP contribution in [0.15, 0.2) is 49.4 Å². The number of carbonyl (C=O) groups excluding carboxylic acids is 1. The Morgan fingerprint density at radius 1 is 1.12 bits per heavy atom. The zero-order chi connectivity index (χ0) is 29.4. The van der Waals surface area contributed by atoms with Crippen LogP contribution in [0.2, 0.25) is 0 Å². The number of nitrogens with one attached hydrogen (secondary N) is 2. The maximum absolute atomic E-state index is 11.9. The fourth-order valence-corrected chi connectivity index (χ4v) is 4.47. The summed E-state index contributed by atoms with van der Waals surface area (Å²) >= 11 is 0. The van der Waals surface area contributed by atoms with Gasteiger partial charge in [0.15, 0.2) is 18.3 Å². The van der Waals surface area contributed by atoms with Crippen molar-refractivity contribution in [3.8, 4) is 17.1 Å². The van der Waals surface area contributed by atoms with Crippen LogP contribution in [-0.4, -0.2) is 71.7 Å². The summed E-state index contributed by atoms with van der Waals surface area (Å²) in [5.74, 6) is 1.81. The van der Waals surface area contributed by atoms with Gasteiger partial charge in [-0.05, 0) is 24.0 Å². The molecule has 3 aromatic heterocycles. The number of hydrogen-bond donors (Lipinski definition) is 3. The third kappa shape index (κ3) is 8.24. The molecule has 13 nitrogen and oxygen atoms in total. The summed E-state index contributed by atoms with van der Waals surface area (Å²) < 4.78 is 9.79. The molecule has 1 amide bonds. The maximum Gasteiger partial charge on any atom is 0.254 e. The summed E-state index contributed by atoms with van der Waals surface area (Å²) in [6, 6.07) is 5.51. The van der Waals surface area contributed by atoms with Crippen LogP contribution in [0.4, 0.5) is 17.2 Å². The van der Waals surface area contributed by atoms with E-state index in [1.807, 2.05) is 29.1 Å². The van der Waals surface area contributed by atoms with Crippen molar-refractivity contribution in [2.24, 2.45) is 24.6 Å². The summed E-state index contributed by atoms with van der Waals surface area (Å²) in [4.78, 5) is 26.9. The minimum absolute atomic E-state index is 0.142. The molecule has 0 aliphatic carbocycles. The number of carbonyl (C=O) groups is 1. The van der Waals surface area contributed by atoms with E-state index in [4.69, 9.17) is 10.5 Å². The number of anilines is 3. The van der Waals surface area contributed by atoms with Gasteiger partial charge in [0.2, 0.25) is 0 Å². The molecule has 4 N–H and O–H groups in total. The van der Waals surface area contributed by atoms with Gasteiger partial charge in [0.1, 0.15) is 24.0 Å². The van der Waals surface area contributed by atoms with Crippen molar-refractivity contribution in [3.63, 3.8) is 0 Å². The van der Waals surface area contributed by atoms with E-state index in [0.29, 0.717) is 34.7 Å². The average molecular weight is 562 g/mol. The fourth-order valence-electron chi connectivity index (χ4n) is 4.47. The summed E-state index contributed by atoms with van der Waals surface area (Å²) in [5.41, 5.74) is 7.74. The normalized spacial score (nSPS) is 11.4. The van der Waals surface area contributed by atoms with Gasteiger partial charge in [-0.3, -0.25) is 14.2 Å². The second-order valence-electron chi connectivity index (χ2n) is 10.7. The predicted octanol–water partition coefficient (Wildman–Crippen LogP) is 3.37. The number of para-hydroxylation sites is 1. The number of nitrogens with two attached hydrogens (primary N) is 1. The molecule has 0 atom stereocenters. The highest BCUT2D eigenvalue weighted by molar-refractivity contribution is 5.98. The minimum atomic E-state index is -0.645. The molecule has 218 valence electrons. The number of aromatic nitrogens is 7. The Hall–Kier alpha value is -4.52. The van der Waals surface area contributed by atoms with Crippen LogP contribution in [0.5, 0.6) is 5.75 Å². The van der Waals surface area contributed by atoms with Crippen LogP contribution in [-0.2, 0) is 13.6 Å². The summed E-state index contributed by atoms with van der Waals surface area (Å²) in [5, 5.41) is 15.4. The first kappa shape index (κ1) is 29.5. The fraction of sp³-hybridized carbons (Fsp3) is 0.429. The molecule has 0 bridgehead atoms. The molecule has 0 radical (unpaired) electrons. The first-order chi connectivity index (χ1) is 19.7. The Morgan fingerprint density at radius 2 is 1.90 bits per heavy atom. The Labute approximate surface area is 240 Å². The molecular formula is C28H39N11O2. The smallest absolute Gasteiger partial charge is 0.254 e. The van der Waals surface area contributed by atoms with E-state index in [1.165, 1.54) is 12.5 Å². The van der Waals surface area contributed by atoms with Crippen LogP contribution in [0.3, 0.4) is 0 Å². The number of primary amides is 1. The lowest BCUT2D eigenvalue weighted by Gasteiger charge is -2.25. The lowest BCUT2D eigenvalue weighted by Crippen LogP contribution is -2.34. The summed E-state index contributed by atoms with van der Waals surface area (Å²) in [6.07, 6.45) is 8.07. The van der Waals surface area contributed by atoms with E-state index < -0.39 is 5.91 Å². The molecule has 41 heavy (non-hydrogen) atoms. The first-order valence-corrected chi connectivity index (χ1v) is 13.7. The van der Waals surface area contributed by atoms with E-state index in [9.17, 15) is 4.79 Å². The molecule has 4 aromatic rings. The number of hydrogen-bond acceptors (Lipinski definition) is 10. The molecule has 0 aliphatic rings. The summed E-state index contributed by atoms with van der Waals surface area (Å²) in [7, 11) is 1.79. The van der Waals surface area contributed by atoms with E-state index in [0.717, 1.165) is 31.9 Å². The highest BCUT2D eigenvalue weighted by Gasteiger charge is 2.18. The van der Waals surface area contributed by atoms with Gasteiger partial charge in [-0.15, -0.1) is 0 Å². The molecule has 0 aliphatic heterocycles. The topological polar surface area (TPSA) is 154 Å². The van der Waals surface area contributed by atoms with E-state index in [1.54, 1.807) is 24.3 Å². The molecule has 3 heterocycles. The lowest BCUT2D eigenvalue weighted by atomic mass is 10.1. The zero-order valence-corrected chi connectivity index (χ0v) is 24.3. The molecule has 0 fully saturated rings. The molecule has 0 saturated heterocycles. The molecule has 0 saturated carbocycles. The third-order valence-electron chi connectivity index (χ3n) is 6.10. The van der Waals surface area contributed by atoms with Crippen LogP contribution in [0.1, 0.15) is 38.1 Å². The number of nitrogens with zero attached hydrogens (tertiary/aromatic N) is 8. The molecule has 0 unspecified atom stereocenters. The van der Waals surface area contributed by atoms with Gasteiger partial charge < -0.3 is 26.0 Å². The van der Waals surface area contributed by atoms with E-state index >= 15 is 0 Å². The molecule has 4 rings (SSSR count).